The number of hydrogen-bond acceptors (Lipinski definition) is 2. The summed E-state index contributed by atoms with van der Waals surface area (Å²) in [6.45, 7) is 1.27. The van der Waals surface area contributed by atoms with Gasteiger partial charge in [-0.05, 0) is 12.8 Å². The predicted molar refractivity (Wildman–Crippen MR) is 51.8 cm³/mol. The lowest BCUT2D eigenvalue weighted by molar-refractivity contribution is 0.242. The Hall–Kier alpha value is 1.08. The molecule has 2 aliphatic rings. The summed E-state index contributed by atoms with van der Waals surface area (Å²) < 4.78 is 9.26. The summed E-state index contributed by atoms with van der Waals surface area (Å²) in [4.78, 5) is 0. The van der Waals surface area contributed by atoms with E-state index in [1.54, 1.807) is 0 Å². The van der Waals surface area contributed by atoms with E-state index in [1.807, 2.05) is 0 Å². The van der Waals surface area contributed by atoms with Crippen molar-refractivity contribution in [3.8, 4) is 0 Å². The molecule has 58 valence electrons. The molecule has 0 N–H and O–H groups in total. The highest BCUT2D eigenvalue weighted by molar-refractivity contribution is 14.1. The SMILES string of the molecule is IC[C@@H]1OPN2CCC[C@H]12. The highest BCUT2D eigenvalue weighted by Crippen LogP contribution is 2.42. The van der Waals surface area contributed by atoms with Crippen LogP contribution >= 0.6 is 31.5 Å². The maximum absolute atomic E-state index is 5.62. The molecule has 0 aromatic heterocycles. The molecule has 2 rings (SSSR count). The second-order valence-electron chi connectivity index (χ2n) is 2.80. The molecule has 2 fully saturated rings. The molecular weight excluding hydrogens is 260 g/mol. The zero-order valence-corrected chi connectivity index (χ0v) is 8.87. The Bertz CT molecular complexity index is 135. The summed E-state index contributed by atoms with van der Waals surface area (Å²) in [5.74, 6) is 0. The Morgan fingerprint density at radius 2 is 2.60 bits per heavy atom. The van der Waals surface area contributed by atoms with Crippen molar-refractivity contribution < 1.29 is 4.52 Å². The van der Waals surface area contributed by atoms with Gasteiger partial charge in [-0.3, -0.25) is 4.67 Å². The first-order valence-corrected chi connectivity index (χ1v) is 6.04. The molecule has 3 atom stereocenters. The van der Waals surface area contributed by atoms with E-state index >= 15 is 0 Å². The van der Waals surface area contributed by atoms with Crippen LogP contribution in [0.5, 0.6) is 0 Å². The molecule has 0 amide bonds. The van der Waals surface area contributed by atoms with Crippen LogP contribution in [0.1, 0.15) is 12.8 Å². The van der Waals surface area contributed by atoms with Crippen molar-refractivity contribution in [2.24, 2.45) is 0 Å². The second kappa shape index (κ2) is 3.21. The van der Waals surface area contributed by atoms with Gasteiger partial charge >= 0.3 is 0 Å². The summed E-state index contributed by atoms with van der Waals surface area (Å²) in [6.07, 6.45) is 3.29. The van der Waals surface area contributed by atoms with Crippen molar-refractivity contribution in [2.45, 2.75) is 25.0 Å². The van der Waals surface area contributed by atoms with Gasteiger partial charge in [0.05, 0.1) is 15.1 Å². The fraction of sp³-hybridized carbons (Fsp3) is 1.00. The van der Waals surface area contributed by atoms with Gasteiger partial charge in [-0.2, -0.15) is 0 Å². The predicted octanol–water partition coefficient (Wildman–Crippen LogP) is 1.79. The molecular formula is C6H11INOP. The molecule has 1 unspecified atom stereocenters. The van der Waals surface area contributed by atoms with Crippen LogP contribution in [-0.4, -0.2) is 27.8 Å². The minimum Gasteiger partial charge on any atom is -0.341 e. The quantitative estimate of drug-likeness (QED) is 0.409. The van der Waals surface area contributed by atoms with Crippen LogP contribution in [0, 0.1) is 0 Å². The minimum absolute atomic E-state index is 0.543. The number of rotatable bonds is 1. The van der Waals surface area contributed by atoms with E-state index in [0.717, 1.165) is 10.5 Å². The molecule has 0 saturated carbocycles. The van der Waals surface area contributed by atoms with Crippen LogP contribution in [0.25, 0.3) is 0 Å². The summed E-state index contributed by atoms with van der Waals surface area (Å²) in [5, 5.41) is 0. The summed E-state index contributed by atoms with van der Waals surface area (Å²) in [5.41, 5.74) is 0. The average Bonchev–Trinajstić information content (AvgIpc) is 2.44. The van der Waals surface area contributed by atoms with Gasteiger partial charge in [0.25, 0.3) is 0 Å². The van der Waals surface area contributed by atoms with Crippen molar-refractivity contribution in [3.05, 3.63) is 0 Å². The Morgan fingerprint density at radius 3 is 3.40 bits per heavy atom. The van der Waals surface area contributed by atoms with Crippen LogP contribution < -0.4 is 0 Å². The molecule has 0 aromatic carbocycles. The first kappa shape index (κ1) is 7.71. The highest BCUT2D eigenvalue weighted by atomic mass is 127. The number of nitrogens with zero attached hydrogens (tertiary/aromatic N) is 1. The first-order valence-electron chi connectivity index (χ1n) is 3.65. The number of fused-ring (bicyclic) bond motifs is 1. The smallest absolute Gasteiger partial charge is 0.0898 e. The Kier molecular flexibility index (Phi) is 2.48. The third-order valence-corrected chi connectivity index (χ3v) is 4.27. The fourth-order valence-electron chi connectivity index (χ4n) is 1.64. The van der Waals surface area contributed by atoms with E-state index in [9.17, 15) is 0 Å². The normalized spacial score (nSPS) is 42.9. The molecule has 0 bridgehead atoms. The van der Waals surface area contributed by atoms with E-state index in [2.05, 4.69) is 27.3 Å². The van der Waals surface area contributed by atoms with E-state index < -0.39 is 0 Å². The van der Waals surface area contributed by atoms with Crippen LogP contribution in [0.15, 0.2) is 0 Å². The second-order valence-corrected chi connectivity index (χ2v) is 4.68. The topological polar surface area (TPSA) is 12.5 Å². The minimum atomic E-state index is 0.543. The van der Waals surface area contributed by atoms with Crippen LogP contribution in [-0.2, 0) is 4.52 Å². The molecule has 2 heterocycles. The fourth-order valence-corrected chi connectivity index (χ4v) is 3.94. The van der Waals surface area contributed by atoms with E-state index in [1.165, 1.54) is 19.4 Å². The summed E-state index contributed by atoms with van der Waals surface area (Å²) in [6, 6.07) is 0.773. The van der Waals surface area contributed by atoms with Gasteiger partial charge in [0.1, 0.15) is 0 Å². The van der Waals surface area contributed by atoms with Gasteiger partial charge in [-0.25, -0.2) is 0 Å². The monoisotopic (exact) mass is 271 g/mol. The Morgan fingerprint density at radius 1 is 1.70 bits per heavy atom. The zero-order valence-electron chi connectivity index (χ0n) is 5.72. The third-order valence-electron chi connectivity index (χ3n) is 2.20. The van der Waals surface area contributed by atoms with Crippen molar-refractivity contribution in [2.75, 3.05) is 11.0 Å². The van der Waals surface area contributed by atoms with Gasteiger partial charge in [0, 0.05) is 17.0 Å². The lowest BCUT2D eigenvalue weighted by atomic mass is 10.1. The number of alkyl halides is 1. The zero-order chi connectivity index (χ0) is 6.97. The summed E-state index contributed by atoms with van der Waals surface area (Å²) >= 11 is 2.42. The maximum Gasteiger partial charge on any atom is 0.0898 e. The number of hydrogen-bond donors (Lipinski definition) is 0. The van der Waals surface area contributed by atoms with Crippen molar-refractivity contribution in [1.29, 1.82) is 0 Å². The van der Waals surface area contributed by atoms with Crippen LogP contribution in [0.3, 0.4) is 0 Å². The van der Waals surface area contributed by atoms with E-state index in [4.69, 9.17) is 4.52 Å². The van der Waals surface area contributed by atoms with Crippen molar-refractivity contribution >= 4 is 31.5 Å². The summed E-state index contributed by atoms with van der Waals surface area (Å²) in [7, 11) is 0.658. The molecule has 0 aromatic rings. The van der Waals surface area contributed by atoms with E-state index in [-0.39, 0.29) is 0 Å². The highest BCUT2D eigenvalue weighted by Gasteiger charge is 2.37. The molecule has 2 nitrogen and oxygen atoms in total. The van der Waals surface area contributed by atoms with Crippen LogP contribution in [0.2, 0.25) is 0 Å². The van der Waals surface area contributed by atoms with Gasteiger partial charge in [0.15, 0.2) is 0 Å². The van der Waals surface area contributed by atoms with Crippen molar-refractivity contribution in [3.63, 3.8) is 0 Å². The van der Waals surface area contributed by atoms with Crippen molar-refractivity contribution in [1.82, 2.24) is 4.67 Å². The number of halogens is 1. The third kappa shape index (κ3) is 1.22. The van der Waals surface area contributed by atoms with E-state index in [0.29, 0.717) is 15.1 Å². The van der Waals surface area contributed by atoms with Gasteiger partial charge < -0.3 is 4.52 Å². The average molecular weight is 271 g/mol. The van der Waals surface area contributed by atoms with Gasteiger partial charge in [0.2, 0.25) is 0 Å². The molecule has 2 aliphatic heterocycles. The molecule has 10 heavy (non-hydrogen) atoms. The van der Waals surface area contributed by atoms with Gasteiger partial charge in [-0.15, -0.1) is 0 Å². The molecule has 0 aliphatic carbocycles. The molecule has 0 spiro atoms. The first-order chi connectivity index (χ1) is 4.92. The molecule has 4 heteroatoms. The maximum atomic E-state index is 5.62. The Balaban J connectivity index is 2.01. The largest absolute Gasteiger partial charge is 0.341 e. The Labute approximate surface area is 76.7 Å². The van der Waals surface area contributed by atoms with Crippen LogP contribution in [0.4, 0.5) is 0 Å². The molecule has 2 saturated heterocycles. The van der Waals surface area contributed by atoms with Gasteiger partial charge in [-0.1, -0.05) is 22.6 Å². The lowest BCUT2D eigenvalue weighted by Gasteiger charge is -2.13. The standard InChI is InChI=1S/C6H11INOP/c7-4-6-5-2-1-3-8(5)10-9-6/h5-6,10H,1-4H2/t5-,6+/m1/s1. The molecule has 0 radical (unpaired) electrons. The lowest BCUT2D eigenvalue weighted by Crippen LogP contribution is -2.28.